The normalized spacial score (nSPS) is 28.1. The molecule has 11 heteroatoms. The Hall–Kier alpha value is -3.09. The van der Waals surface area contributed by atoms with E-state index >= 15 is 0 Å². The molecule has 326 valence electrons. The van der Waals surface area contributed by atoms with Crippen LogP contribution in [0.2, 0.25) is 18.1 Å². The van der Waals surface area contributed by atoms with Gasteiger partial charge in [0.05, 0.1) is 30.3 Å². The van der Waals surface area contributed by atoms with Crippen molar-refractivity contribution in [3.05, 3.63) is 71.8 Å². The second-order valence-electron chi connectivity index (χ2n) is 16.6. The Morgan fingerprint density at radius 2 is 1.67 bits per heavy atom. The summed E-state index contributed by atoms with van der Waals surface area (Å²) in [6.07, 6.45) is 10.3. The first kappa shape index (κ1) is 49.3. The fourth-order valence-corrected chi connectivity index (χ4v) is 11.0. The monoisotopic (exact) mass is 827 g/mol. The van der Waals surface area contributed by atoms with Crippen molar-refractivity contribution in [2.45, 2.75) is 182 Å². The van der Waals surface area contributed by atoms with E-state index in [0.717, 1.165) is 30.1 Å². The van der Waals surface area contributed by atoms with Gasteiger partial charge in [0, 0.05) is 25.4 Å². The lowest BCUT2D eigenvalue weighted by molar-refractivity contribution is -0.227. The van der Waals surface area contributed by atoms with Gasteiger partial charge in [-0.05, 0) is 101 Å². The third-order valence-electron chi connectivity index (χ3n) is 12.0. The van der Waals surface area contributed by atoms with E-state index in [1.54, 1.807) is 12.1 Å². The van der Waals surface area contributed by atoms with Gasteiger partial charge in [0.25, 0.3) is 0 Å². The van der Waals surface area contributed by atoms with Gasteiger partial charge in [-0.15, -0.1) is 0 Å². The molecule has 1 fully saturated rings. The Labute approximate surface area is 350 Å². The Morgan fingerprint density at radius 1 is 1.00 bits per heavy atom. The summed E-state index contributed by atoms with van der Waals surface area (Å²) in [5.41, 5.74) is 0.478. The van der Waals surface area contributed by atoms with Gasteiger partial charge >= 0.3 is 17.9 Å². The first-order valence-corrected chi connectivity index (χ1v) is 24.4. The van der Waals surface area contributed by atoms with E-state index in [4.69, 9.17) is 32.8 Å². The number of epoxide rings is 1. The number of hydrogen-bond donors (Lipinski definition) is 0. The van der Waals surface area contributed by atoms with Crippen molar-refractivity contribution >= 4 is 26.2 Å². The van der Waals surface area contributed by atoms with E-state index in [-0.39, 0.29) is 60.5 Å². The second kappa shape index (κ2) is 23.6. The minimum absolute atomic E-state index is 0.0305. The summed E-state index contributed by atoms with van der Waals surface area (Å²) in [4.78, 5) is 39.1. The molecule has 2 heterocycles. The molecule has 2 aliphatic rings. The van der Waals surface area contributed by atoms with Crippen LogP contribution in [0.1, 0.15) is 126 Å². The number of benzene rings is 1. The zero-order valence-electron chi connectivity index (χ0n) is 37.5. The maximum atomic E-state index is 13.8. The van der Waals surface area contributed by atoms with Crippen molar-refractivity contribution in [2.75, 3.05) is 6.61 Å². The van der Waals surface area contributed by atoms with Crippen molar-refractivity contribution in [3.8, 4) is 0 Å². The highest BCUT2D eigenvalue weighted by Gasteiger charge is 2.46. The van der Waals surface area contributed by atoms with Gasteiger partial charge in [0.1, 0.15) is 23.9 Å². The molecule has 0 saturated carbocycles. The van der Waals surface area contributed by atoms with Gasteiger partial charge in [-0.1, -0.05) is 91.0 Å². The van der Waals surface area contributed by atoms with Crippen molar-refractivity contribution in [2.24, 2.45) is 17.8 Å². The van der Waals surface area contributed by atoms with Crippen LogP contribution in [0.15, 0.2) is 66.3 Å². The van der Waals surface area contributed by atoms with Gasteiger partial charge in [0.2, 0.25) is 0 Å². The van der Waals surface area contributed by atoms with E-state index in [2.05, 4.69) is 40.7 Å². The van der Waals surface area contributed by atoms with E-state index in [9.17, 15) is 14.4 Å². The standard InChI is InChI=1S/C47H74O10Si/c1-13-40(54-46(50)38-24-19-18-20-25-38)35(9)45-41(53-45)30-32(6)22-21-23-33(7)44-34(8)26-27-42(52-36(10)48)47(12,56-37(11)51-14-2)29-28-39(31-43(49)55-44)57-58(15-3,16-4)17-5/h18-27,32,34-35,37,39-42,44-45H,13-17,28-31H2,1-12H3. The van der Waals surface area contributed by atoms with Gasteiger partial charge in [-0.3, -0.25) is 9.59 Å². The molecule has 0 aliphatic carbocycles. The van der Waals surface area contributed by atoms with Gasteiger partial charge in [0.15, 0.2) is 14.6 Å². The van der Waals surface area contributed by atoms with Crippen LogP contribution in [0.3, 0.4) is 0 Å². The third-order valence-corrected chi connectivity index (χ3v) is 16.7. The zero-order chi connectivity index (χ0) is 43.0. The number of ether oxygens (including phenoxy) is 6. The summed E-state index contributed by atoms with van der Waals surface area (Å²) in [6, 6.07) is 11.9. The van der Waals surface area contributed by atoms with Crippen LogP contribution < -0.4 is 0 Å². The average molecular weight is 827 g/mol. The van der Waals surface area contributed by atoms with E-state index < -0.39 is 38.4 Å². The zero-order valence-corrected chi connectivity index (χ0v) is 38.5. The van der Waals surface area contributed by atoms with Crippen molar-refractivity contribution in [1.82, 2.24) is 0 Å². The highest BCUT2D eigenvalue weighted by molar-refractivity contribution is 6.73. The quantitative estimate of drug-likeness (QED) is 0.0239. The smallest absolute Gasteiger partial charge is 0.338 e. The van der Waals surface area contributed by atoms with Crippen LogP contribution in [0.4, 0.5) is 0 Å². The molecule has 0 radical (unpaired) electrons. The van der Waals surface area contributed by atoms with Crippen LogP contribution in [0.5, 0.6) is 0 Å². The molecule has 58 heavy (non-hydrogen) atoms. The number of cyclic esters (lactones) is 1. The molecule has 1 saturated heterocycles. The number of esters is 3. The van der Waals surface area contributed by atoms with Crippen molar-refractivity contribution in [1.29, 1.82) is 0 Å². The lowest BCUT2D eigenvalue weighted by Crippen LogP contribution is -2.48. The highest BCUT2D eigenvalue weighted by Crippen LogP contribution is 2.38. The fourth-order valence-electron chi connectivity index (χ4n) is 8.13. The Morgan fingerprint density at radius 3 is 2.28 bits per heavy atom. The molecule has 0 aromatic heterocycles. The van der Waals surface area contributed by atoms with Gasteiger partial charge < -0.3 is 32.8 Å². The summed E-state index contributed by atoms with van der Waals surface area (Å²) in [6.45, 7) is 24.4. The predicted octanol–water partition coefficient (Wildman–Crippen LogP) is 10.3. The summed E-state index contributed by atoms with van der Waals surface area (Å²) in [5, 5.41) is 0. The molecule has 3 rings (SSSR count). The molecule has 1 aromatic carbocycles. The molecule has 11 unspecified atom stereocenters. The highest BCUT2D eigenvalue weighted by atomic mass is 28.4. The topological polar surface area (TPSA) is 119 Å². The molecule has 11 atom stereocenters. The summed E-state index contributed by atoms with van der Waals surface area (Å²) in [7, 11) is -2.11. The minimum atomic E-state index is -2.11. The Balaban J connectivity index is 1.81. The van der Waals surface area contributed by atoms with Gasteiger partial charge in [-0.2, -0.15) is 0 Å². The second-order valence-corrected chi connectivity index (χ2v) is 21.3. The summed E-state index contributed by atoms with van der Waals surface area (Å²) < 4.78 is 43.6. The number of carbonyl (C=O) groups excluding carboxylic acids is 3. The Kier molecular flexibility index (Phi) is 20.1. The van der Waals surface area contributed by atoms with Crippen molar-refractivity contribution in [3.63, 3.8) is 0 Å². The Bertz CT molecular complexity index is 1510. The first-order valence-electron chi connectivity index (χ1n) is 21.8. The number of rotatable bonds is 20. The van der Waals surface area contributed by atoms with Gasteiger partial charge in [-0.25, -0.2) is 4.79 Å². The molecular formula is C47H74O10Si. The molecule has 0 bridgehead atoms. The molecular weight excluding hydrogens is 753 g/mol. The van der Waals surface area contributed by atoms with E-state index in [0.29, 0.717) is 31.4 Å². The maximum Gasteiger partial charge on any atom is 0.338 e. The molecule has 0 amide bonds. The van der Waals surface area contributed by atoms with E-state index in [1.165, 1.54) is 6.92 Å². The lowest BCUT2D eigenvalue weighted by Gasteiger charge is -2.40. The van der Waals surface area contributed by atoms with Crippen LogP contribution in [0.25, 0.3) is 0 Å². The van der Waals surface area contributed by atoms with Crippen LogP contribution >= 0.6 is 0 Å². The SMILES string of the molecule is CCOC(C)OC1(C)CCC(O[Si](CC)(CC)CC)CC(=O)OC(C(C)=CC=CC(C)CC2OC2C(C)C(CC)OC(=O)c2ccccc2)C(C)C=CC1OC(C)=O. The number of hydrogen-bond acceptors (Lipinski definition) is 10. The lowest BCUT2D eigenvalue weighted by atomic mass is 9.88. The molecule has 1 aromatic rings. The molecule has 0 spiro atoms. The summed E-state index contributed by atoms with van der Waals surface area (Å²) in [5.74, 6) is -0.996. The number of allylic oxidation sites excluding steroid dienone is 3. The maximum absolute atomic E-state index is 13.8. The molecule has 0 N–H and O–H groups in total. The molecule has 10 nitrogen and oxygen atoms in total. The predicted molar refractivity (Wildman–Crippen MR) is 231 cm³/mol. The van der Waals surface area contributed by atoms with Crippen molar-refractivity contribution < 1.29 is 47.2 Å². The average Bonchev–Trinajstić information content (AvgIpc) is 3.96. The largest absolute Gasteiger partial charge is 0.458 e. The fraction of sp³-hybridized carbons (Fsp3) is 0.681. The minimum Gasteiger partial charge on any atom is -0.458 e. The third kappa shape index (κ3) is 14.9. The van der Waals surface area contributed by atoms with Crippen LogP contribution in [-0.2, 0) is 42.4 Å². The summed E-state index contributed by atoms with van der Waals surface area (Å²) >= 11 is 0. The molecule has 2 aliphatic heterocycles. The first-order chi connectivity index (χ1) is 27.5. The number of carbonyl (C=O) groups is 3. The van der Waals surface area contributed by atoms with Crippen LogP contribution in [0, 0.1) is 17.8 Å². The van der Waals surface area contributed by atoms with E-state index in [1.807, 2.05) is 84.0 Å². The van der Waals surface area contributed by atoms with Crippen LogP contribution in [-0.4, -0.2) is 81.3 Å².